The lowest BCUT2D eigenvalue weighted by atomic mass is 9.73. The van der Waals surface area contributed by atoms with Gasteiger partial charge in [0.1, 0.15) is 5.75 Å². The zero-order valence-corrected chi connectivity index (χ0v) is 14.4. The molecule has 0 aliphatic carbocycles. The fourth-order valence-electron chi connectivity index (χ4n) is 4.54. The second kappa shape index (κ2) is 6.32. The molecule has 5 nitrogen and oxygen atoms in total. The predicted molar refractivity (Wildman–Crippen MR) is 97.9 cm³/mol. The first kappa shape index (κ1) is 16.4. The van der Waals surface area contributed by atoms with Gasteiger partial charge in [-0.05, 0) is 55.0 Å². The second-order valence-electron chi connectivity index (χ2n) is 7.19. The quantitative estimate of drug-likeness (QED) is 0.839. The van der Waals surface area contributed by atoms with E-state index in [-0.39, 0.29) is 11.6 Å². The number of rotatable bonds is 4. The van der Waals surface area contributed by atoms with Gasteiger partial charge in [0.25, 0.3) is 0 Å². The molecule has 5 heteroatoms. The molecule has 0 amide bonds. The molecule has 2 bridgehead atoms. The summed E-state index contributed by atoms with van der Waals surface area (Å²) in [5.41, 5.74) is 1.22. The van der Waals surface area contributed by atoms with E-state index < -0.39 is 6.10 Å². The molecule has 0 saturated carbocycles. The van der Waals surface area contributed by atoms with E-state index >= 15 is 0 Å². The fraction of sp³-hybridized carbons (Fsp3) is 0.450. The summed E-state index contributed by atoms with van der Waals surface area (Å²) in [5.74, 6) is 1.79. The van der Waals surface area contributed by atoms with Crippen LogP contribution in [-0.4, -0.2) is 41.2 Å². The van der Waals surface area contributed by atoms with Gasteiger partial charge in [0, 0.05) is 29.6 Å². The number of aliphatic hydroxyl groups excluding tert-OH is 1. The first-order valence-electron chi connectivity index (χ1n) is 8.86. The molecule has 1 aromatic heterocycles. The first-order valence-corrected chi connectivity index (χ1v) is 8.86. The predicted octanol–water partition coefficient (Wildman–Crippen LogP) is 2.47. The molecule has 5 rings (SSSR count). The van der Waals surface area contributed by atoms with E-state index in [1.807, 2.05) is 24.3 Å². The maximum atomic E-state index is 12.1. The van der Waals surface area contributed by atoms with Crippen LogP contribution in [0.5, 0.6) is 5.75 Å². The maximum absolute atomic E-state index is 12.1. The Bertz CT molecular complexity index is 860. The molecule has 2 N–H and O–H groups in total. The zero-order chi connectivity index (χ0) is 17.6. The zero-order valence-electron chi connectivity index (χ0n) is 14.4. The molecule has 4 heterocycles. The molecule has 132 valence electrons. The van der Waals surface area contributed by atoms with Crippen LogP contribution in [0.1, 0.15) is 24.5 Å². The van der Waals surface area contributed by atoms with E-state index in [9.17, 15) is 9.90 Å². The highest BCUT2D eigenvalue weighted by atomic mass is 16.5. The van der Waals surface area contributed by atoms with E-state index in [1.54, 1.807) is 7.11 Å². The largest absolute Gasteiger partial charge is 0.497 e. The Morgan fingerprint density at radius 3 is 2.96 bits per heavy atom. The molecule has 1 aromatic carbocycles. The number of nitrogens with zero attached hydrogens (tertiary/aromatic N) is 1. The third-order valence-electron chi connectivity index (χ3n) is 5.92. The topological polar surface area (TPSA) is 65.6 Å². The van der Waals surface area contributed by atoms with Gasteiger partial charge in [-0.15, -0.1) is 6.58 Å². The average Bonchev–Trinajstić information content (AvgIpc) is 2.66. The van der Waals surface area contributed by atoms with Crippen molar-refractivity contribution in [2.45, 2.75) is 25.0 Å². The molecule has 25 heavy (non-hydrogen) atoms. The summed E-state index contributed by atoms with van der Waals surface area (Å²) in [4.78, 5) is 17.3. The number of piperidine rings is 3. The Kier molecular flexibility index (Phi) is 4.13. The second-order valence-corrected chi connectivity index (χ2v) is 7.19. The highest BCUT2D eigenvalue weighted by Crippen LogP contribution is 2.42. The number of hydrogen-bond donors (Lipinski definition) is 2. The van der Waals surface area contributed by atoms with E-state index in [1.165, 1.54) is 6.07 Å². The molecule has 3 saturated heterocycles. The SMILES string of the molecule is C=C[C@H]1CN2CCC1C[C@H]2[C@H](O)c1cc(=O)[nH]c2ccc(OC)cc12. The standard InChI is InChI=1S/C20H24N2O3/c1-3-12-11-22-7-6-13(12)8-18(22)20(24)16-10-19(23)21-17-5-4-14(25-2)9-15(16)17/h3-5,9-10,12-13,18,20,24H,1,6-8,11H2,2H3,(H,21,23)/t12-,13?,18-,20+/m0/s1. The molecular weight excluding hydrogens is 316 g/mol. The summed E-state index contributed by atoms with van der Waals surface area (Å²) in [5, 5.41) is 12.0. The third kappa shape index (κ3) is 2.77. The van der Waals surface area contributed by atoms with Gasteiger partial charge in [-0.25, -0.2) is 0 Å². The maximum Gasteiger partial charge on any atom is 0.248 e. The van der Waals surface area contributed by atoms with Crippen molar-refractivity contribution >= 4 is 10.9 Å². The number of methoxy groups -OCH3 is 1. The lowest BCUT2D eigenvalue weighted by molar-refractivity contribution is -0.0445. The van der Waals surface area contributed by atoms with E-state index in [0.29, 0.717) is 23.1 Å². The summed E-state index contributed by atoms with van der Waals surface area (Å²) >= 11 is 0. The Labute approximate surface area is 146 Å². The van der Waals surface area contributed by atoms with Gasteiger partial charge in [0.15, 0.2) is 0 Å². The van der Waals surface area contributed by atoms with Crippen molar-refractivity contribution in [2.75, 3.05) is 20.2 Å². The van der Waals surface area contributed by atoms with Gasteiger partial charge < -0.3 is 14.8 Å². The fourth-order valence-corrected chi connectivity index (χ4v) is 4.54. The summed E-state index contributed by atoms with van der Waals surface area (Å²) in [6, 6.07) is 7.10. The van der Waals surface area contributed by atoms with Gasteiger partial charge >= 0.3 is 0 Å². The van der Waals surface area contributed by atoms with Crippen molar-refractivity contribution in [1.82, 2.24) is 9.88 Å². The van der Waals surface area contributed by atoms with Gasteiger partial charge in [0.2, 0.25) is 5.56 Å². The summed E-state index contributed by atoms with van der Waals surface area (Å²) in [6.07, 6.45) is 3.46. The highest BCUT2D eigenvalue weighted by molar-refractivity contribution is 5.83. The third-order valence-corrected chi connectivity index (χ3v) is 5.92. The van der Waals surface area contributed by atoms with Crippen molar-refractivity contribution in [1.29, 1.82) is 0 Å². The molecule has 0 spiro atoms. The molecule has 0 radical (unpaired) electrons. The van der Waals surface area contributed by atoms with Crippen molar-refractivity contribution in [3.05, 3.63) is 52.8 Å². The minimum absolute atomic E-state index is 0.0474. The summed E-state index contributed by atoms with van der Waals surface area (Å²) < 4.78 is 5.32. The summed E-state index contributed by atoms with van der Waals surface area (Å²) in [7, 11) is 1.62. The normalized spacial score (nSPS) is 29.5. The number of aliphatic hydroxyl groups is 1. The Hall–Kier alpha value is -2.11. The van der Waals surface area contributed by atoms with E-state index in [2.05, 4.69) is 16.5 Å². The number of aromatic nitrogens is 1. The Balaban J connectivity index is 1.74. The number of pyridine rings is 1. The Morgan fingerprint density at radius 2 is 2.28 bits per heavy atom. The highest BCUT2D eigenvalue weighted by Gasteiger charge is 2.42. The number of nitrogens with one attached hydrogen (secondary N) is 1. The van der Waals surface area contributed by atoms with Crippen molar-refractivity contribution < 1.29 is 9.84 Å². The minimum Gasteiger partial charge on any atom is -0.497 e. The van der Waals surface area contributed by atoms with Crippen LogP contribution in [0.2, 0.25) is 0 Å². The van der Waals surface area contributed by atoms with Crippen LogP contribution in [0, 0.1) is 11.8 Å². The number of H-pyrrole nitrogens is 1. The smallest absolute Gasteiger partial charge is 0.248 e. The minimum atomic E-state index is -0.689. The van der Waals surface area contributed by atoms with Crippen molar-refractivity contribution in [3.8, 4) is 5.75 Å². The summed E-state index contributed by atoms with van der Waals surface area (Å²) in [6.45, 7) is 5.90. The number of fused-ring (bicyclic) bond motifs is 4. The van der Waals surface area contributed by atoms with Gasteiger partial charge in [-0.1, -0.05) is 6.08 Å². The van der Waals surface area contributed by atoms with Crippen LogP contribution in [0.25, 0.3) is 10.9 Å². The molecular formula is C20H24N2O3. The van der Waals surface area contributed by atoms with Crippen LogP contribution in [0.15, 0.2) is 41.7 Å². The monoisotopic (exact) mass is 340 g/mol. The molecule has 2 unspecified atom stereocenters. The average molecular weight is 340 g/mol. The van der Waals surface area contributed by atoms with Crippen LogP contribution in [-0.2, 0) is 0 Å². The lowest BCUT2D eigenvalue weighted by Crippen LogP contribution is -2.54. The molecule has 3 fully saturated rings. The van der Waals surface area contributed by atoms with Crippen LogP contribution < -0.4 is 10.3 Å². The van der Waals surface area contributed by atoms with Gasteiger partial charge in [0.05, 0.1) is 13.2 Å². The molecule has 5 atom stereocenters. The lowest BCUT2D eigenvalue weighted by Gasteiger charge is -2.50. The molecule has 3 aliphatic heterocycles. The van der Waals surface area contributed by atoms with Crippen molar-refractivity contribution in [2.24, 2.45) is 11.8 Å². The van der Waals surface area contributed by atoms with E-state index in [4.69, 9.17) is 4.74 Å². The van der Waals surface area contributed by atoms with Crippen LogP contribution in [0.3, 0.4) is 0 Å². The van der Waals surface area contributed by atoms with Crippen LogP contribution >= 0.6 is 0 Å². The number of aromatic amines is 1. The van der Waals surface area contributed by atoms with Crippen LogP contribution in [0.4, 0.5) is 0 Å². The van der Waals surface area contributed by atoms with Gasteiger partial charge in [-0.2, -0.15) is 0 Å². The Morgan fingerprint density at radius 1 is 1.44 bits per heavy atom. The molecule has 3 aliphatic rings. The van der Waals surface area contributed by atoms with Gasteiger partial charge in [-0.3, -0.25) is 9.69 Å². The van der Waals surface area contributed by atoms with E-state index in [0.717, 1.165) is 36.8 Å². The molecule has 2 aromatic rings. The first-order chi connectivity index (χ1) is 12.1. The van der Waals surface area contributed by atoms with Crippen molar-refractivity contribution in [3.63, 3.8) is 0 Å². The number of benzene rings is 1. The number of hydrogen-bond acceptors (Lipinski definition) is 4. The number of ether oxygens (including phenoxy) is 1.